The van der Waals surface area contributed by atoms with Crippen LogP contribution in [0.4, 0.5) is 0 Å². The molecule has 1 aromatic rings. The molecule has 0 aliphatic carbocycles. The van der Waals surface area contributed by atoms with Gasteiger partial charge >= 0.3 is 0 Å². The molecule has 1 rings (SSSR count). The number of phenols is 1. The average molecular weight is 272 g/mol. The van der Waals surface area contributed by atoms with E-state index in [0.717, 1.165) is 31.4 Å². The van der Waals surface area contributed by atoms with Crippen LogP contribution in [0.3, 0.4) is 0 Å². The van der Waals surface area contributed by atoms with Gasteiger partial charge in [0.25, 0.3) is 0 Å². The Balaban J connectivity index is 2.56. The molecule has 0 unspecified atom stereocenters. The summed E-state index contributed by atoms with van der Waals surface area (Å²) in [7, 11) is 0. The fourth-order valence-corrected chi connectivity index (χ4v) is 2.12. The van der Waals surface area contributed by atoms with Gasteiger partial charge in [-0.15, -0.1) is 0 Å². The van der Waals surface area contributed by atoms with E-state index in [4.69, 9.17) is 0 Å². The zero-order valence-corrected chi connectivity index (χ0v) is 10.7. The molecule has 0 atom stereocenters. The Morgan fingerprint density at radius 3 is 2.73 bits per heavy atom. The number of alkyl halides is 1. The minimum absolute atomic E-state index is 0.350. The molecule has 0 spiro atoms. The first-order valence-corrected chi connectivity index (χ1v) is 6.44. The maximum Gasteiger partial charge on any atom is 0.115 e. The van der Waals surface area contributed by atoms with Crippen molar-refractivity contribution in [3.8, 4) is 5.75 Å². The van der Waals surface area contributed by atoms with Crippen molar-refractivity contribution in [3.05, 3.63) is 29.8 Å². The number of hydrogen-bond acceptors (Lipinski definition) is 2. The van der Waals surface area contributed by atoms with Crippen molar-refractivity contribution in [1.29, 1.82) is 0 Å². The number of benzene rings is 1. The minimum atomic E-state index is 0.350. The highest BCUT2D eigenvalue weighted by molar-refractivity contribution is 9.09. The lowest BCUT2D eigenvalue weighted by Crippen LogP contribution is -2.26. The normalized spacial score (nSPS) is 10.9. The monoisotopic (exact) mass is 271 g/mol. The molecule has 1 aromatic carbocycles. The molecule has 0 amide bonds. The maximum atomic E-state index is 9.36. The number of nitrogens with zero attached hydrogens (tertiary/aromatic N) is 1. The number of halogens is 1. The maximum absolute atomic E-state index is 9.36. The zero-order chi connectivity index (χ0) is 11.1. The molecule has 0 heterocycles. The van der Waals surface area contributed by atoms with Crippen molar-refractivity contribution in [1.82, 2.24) is 4.90 Å². The van der Waals surface area contributed by atoms with Gasteiger partial charge in [0, 0.05) is 18.4 Å². The van der Waals surface area contributed by atoms with Crippen LogP contribution in [0.5, 0.6) is 5.75 Å². The Labute approximate surface area is 100 Å². The highest BCUT2D eigenvalue weighted by atomic mass is 79.9. The second-order valence-electron chi connectivity index (χ2n) is 3.64. The van der Waals surface area contributed by atoms with E-state index < -0.39 is 0 Å². The summed E-state index contributed by atoms with van der Waals surface area (Å²) in [5.41, 5.74) is 1.17. The molecule has 15 heavy (non-hydrogen) atoms. The van der Waals surface area contributed by atoms with Crippen molar-refractivity contribution < 1.29 is 5.11 Å². The Morgan fingerprint density at radius 2 is 2.13 bits per heavy atom. The lowest BCUT2D eigenvalue weighted by molar-refractivity contribution is 0.283. The quantitative estimate of drug-likeness (QED) is 0.805. The van der Waals surface area contributed by atoms with Crippen LogP contribution in [-0.4, -0.2) is 28.4 Å². The predicted molar refractivity (Wildman–Crippen MR) is 67.5 cm³/mol. The van der Waals surface area contributed by atoms with E-state index in [1.807, 2.05) is 12.1 Å². The molecule has 84 valence electrons. The third-order valence-corrected chi connectivity index (χ3v) is 2.61. The van der Waals surface area contributed by atoms with Crippen molar-refractivity contribution in [2.75, 3.05) is 18.4 Å². The van der Waals surface area contributed by atoms with Crippen LogP contribution in [0.15, 0.2) is 24.3 Å². The molecule has 0 fully saturated rings. The van der Waals surface area contributed by atoms with Crippen LogP contribution in [0.2, 0.25) is 0 Å². The van der Waals surface area contributed by atoms with Crippen LogP contribution in [-0.2, 0) is 6.54 Å². The summed E-state index contributed by atoms with van der Waals surface area (Å²) < 4.78 is 0. The molecule has 0 bridgehead atoms. The standard InChI is InChI=1S/C12H18BrNO/c1-2-7-14(8-6-13)10-11-4-3-5-12(15)9-11/h3-5,9,15H,2,6-8,10H2,1H3. The molecule has 0 aromatic heterocycles. The Morgan fingerprint density at radius 1 is 1.33 bits per heavy atom. The van der Waals surface area contributed by atoms with Gasteiger partial charge in [-0.05, 0) is 30.7 Å². The summed E-state index contributed by atoms with van der Waals surface area (Å²) in [4.78, 5) is 2.38. The lowest BCUT2D eigenvalue weighted by Gasteiger charge is -2.20. The van der Waals surface area contributed by atoms with Gasteiger partial charge in [-0.1, -0.05) is 35.0 Å². The SMILES string of the molecule is CCCN(CCBr)Cc1cccc(O)c1. The summed E-state index contributed by atoms with van der Waals surface area (Å²) in [6.45, 7) is 5.24. The first-order valence-electron chi connectivity index (χ1n) is 5.32. The molecule has 0 saturated carbocycles. The van der Waals surface area contributed by atoms with Gasteiger partial charge in [-0.3, -0.25) is 4.90 Å². The summed E-state index contributed by atoms with van der Waals surface area (Å²) in [5.74, 6) is 0.350. The Bertz CT molecular complexity index is 285. The van der Waals surface area contributed by atoms with Crippen LogP contribution >= 0.6 is 15.9 Å². The first kappa shape index (κ1) is 12.5. The van der Waals surface area contributed by atoms with E-state index in [1.54, 1.807) is 6.07 Å². The summed E-state index contributed by atoms with van der Waals surface area (Å²) in [5, 5.41) is 10.3. The van der Waals surface area contributed by atoms with Crippen LogP contribution < -0.4 is 0 Å². The zero-order valence-electron chi connectivity index (χ0n) is 9.12. The largest absolute Gasteiger partial charge is 0.508 e. The predicted octanol–water partition coefficient (Wildman–Crippen LogP) is 3.00. The van der Waals surface area contributed by atoms with Crippen molar-refractivity contribution >= 4 is 15.9 Å². The van der Waals surface area contributed by atoms with Crippen molar-refractivity contribution in [3.63, 3.8) is 0 Å². The van der Waals surface area contributed by atoms with E-state index >= 15 is 0 Å². The van der Waals surface area contributed by atoms with Crippen LogP contribution in [0.25, 0.3) is 0 Å². The van der Waals surface area contributed by atoms with Gasteiger partial charge in [0.1, 0.15) is 5.75 Å². The molecular formula is C12H18BrNO. The van der Waals surface area contributed by atoms with E-state index in [-0.39, 0.29) is 0 Å². The molecule has 0 aliphatic rings. The minimum Gasteiger partial charge on any atom is -0.508 e. The highest BCUT2D eigenvalue weighted by Crippen LogP contribution is 2.13. The van der Waals surface area contributed by atoms with Crippen LogP contribution in [0, 0.1) is 0 Å². The lowest BCUT2D eigenvalue weighted by atomic mass is 10.2. The summed E-state index contributed by atoms with van der Waals surface area (Å²) in [6, 6.07) is 7.48. The van der Waals surface area contributed by atoms with Gasteiger partial charge < -0.3 is 5.11 Å². The molecule has 3 heteroatoms. The van der Waals surface area contributed by atoms with E-state index in [1.165, 1.54) is 5.56 Å². The molecule has 2 nitrogen and oxygen atoms in total. The topological polar surface area (TPSA) is 23.5 Å². The smallest absolute Gasteiger partial charge is 0.115 e. The van der Waals surface area contributed by atoms with Gasteiger partial charge in [-0.25, -0.2) is 0 Å². The molecular weight excluding hydrogens is 254 g/mol. The molecule has 0 saturated heterocycles. The highest BCUT2D eigenvalue weighted by Gasteiger charge is 2.04. The molecule has 0 radical (unpaired) electrons. The molecule has 1 N–H and O–H groups in total. The number of aromatic hydroxyl groups is 1. The first-order chi connectivity index (χ1) is 7.26. The molecule has 0 aliphatic heterocycles. The third-order valence-electron chi connectivity index (χ3n) is 2.26. The average Bonchev–Trinajstić information content (AvgIpc) is 2.18. The van der Waals surface area contributed by atoms with Gasteiger partial charge in [0.05, 0.1) is 0 Å². The Kier molecular flexibility index (Phi) is 5.73. The van der Waals surface area contributed by atoms with Crippen molar-refractivity contribution in [2.45, 2.75) is 19.9 Å². The fraction of sp³-hybridized carbons (Fsp3) is 0.500. The second-order valence-corrected chi connectivity index (χ2v) is 4.43. The van der Waals surface area contributed by atoms with E-state index in [2.05, 4.69) is 33.8 Å². The van der Waals surface area contributed by atoms with Gasteiger partial charge in [-0.2, -0.15) is 0 Å². The second kappa shape index (κ2) is 6.85. The van der Waals surface area contributed by atoms with E-state index in [0.29, 0.717) is 5.75 Å². The van der Waals surface area contributed by atoms with Gasteiger partial charge in [0.15, 0.2) is 0 Å². The van der Waals surface area contributed by atoms with Crippen LogP contribution in [0.1, 0.15) is 18.9 Å². The summed E-state index contributed by atoms with van der Waals surface area (Å²) in [6.07, 6.45) is 1.16. The van der Waals surface area contributed by atoms with Crippen molar-refractivity contribution in [2.24, 2.45) is 0 Å². The Hall–Kier alpha value is -0.540. The van der Waals surface area contributed by atoms with E-state index in [9.17, 15) is 5.11 Å². The van der Waals surface area contributed by atoms with Gasteiger partial charge in [0.2, 0.25) is 0 Å². The third kappa shape index (κ3) is 4.67. The number of rotatable bonds is 6. The fourth-order valence-electron chi connectivity index (χ4n) is 1.62. The summed E-state index contributed by atoms with van der Waals surface area (Å²) >= 11 is 3.46. The number of phenolic OH excluding ortho intramolecular Hbond substituents is 1. The number of hydrogen-bond donors (Lipinski definition) is 1.